The second-order valence-corrected chi connectivity index (χ2v) is 9.84. The molecule has 0 aliphatic rings. The fourth-order valence-corrected chi connectivity index (χ4v) is 4.11. The van der Waals surface area contributed by atoms with Crippen LogP contribution in [0.15, 0.2) is 35.5 Å². The molecule has 0 saturated carbocycles. The lowest BCUT2D eigenvalue weighted by molar-refractivity contribution is 0.360. The van der Waals surface area contributed by atoms with Gasteiger partial charge >= 0.3 is 0 Å². The van der Waals surface area contributed by atoms with E-state index in [1.165, 1.54) is 37.1 Å². The van der Waals surface area contributed by atoms with Crippen LogP contribution in [0.3, 0.4) is 0 Å². The zero-order valence-corrected chi connectivity index (χ0v) is 16.9. The number of rotatable bonds is 4. The molecule has 150 valence electrons. The van der Waals surface area contributed by atoms with Gasteiger partial charge in [0.15, 0.2) is 27.2 Å². The molecule has 2 aromatic heterocycles. The smallest absolute Gasteiger partial charge is 0.190 e. The number of ether oxygens (including phenoxy) is 2. The summed E-state index contributed by atoms with van der Waals surface area (Å²) in [4.78, 5) is 4.16. The van der Waals surface area contributed by atoms with E-state index in [0.29, 0.717) is 11.3 Å². The lowest BCUT2D eigenvalue weighted by Crippen LogP contribution is -2.28. The van der Waals surface area contributed by atoms with E-state index in [1.54, 1.807) is 20.8 Å². The minimum absolute atomic E-state index is 0.0382. The number of nitrogens with zero attached hydrogens (tertiary/aromatic N) is 2. The molecular weight excluding hydrogens is 390 g/mol. The van der Waals surface area contributed by atoms with Gasteiger partial charge in [-0.25, -0.2) is 22.2 Å². The molecule has 0 spiro atoms. The first-order chi connectivity index (χ1) is 13.0. The van der Waals surface area contributed by atoms with Crippen LogP contribution in [0.4, 0.5) is 8.78 Å². The third kappa shape index (κ3) is 3.09. The van der Waals surface area contributed by atoms with Crippen molar-refractivity contribution >= 4 is 15.5 Å². The van der Waals surface area contributed by atoms with E-state index in [2.05, 4.69) is 4.98 Å². The molecule has 28 heavy (non-hydrogen) atoms. The summed E-state index contributed by atoms with van der Waals surface area (Å²) in [5, 5.41) is 0. The first-order valence-corrected chi connectivity index (χ1v) is 9.82. The van der Waals surface area contributed by atoms with Crippen molar-refractivity contribution in [3.63, 3.8) is 0 Å². The maximum absolute atomic E-state index is 14.1. The highest BCUT2D eigenvalue weighted by Crippen LogP contribution is 2.35. The van der Waals surface area contributed by atoms with Crippen LogP contribution in [0.2, 0.25) is 0 Å². The van der Waals surface area contributed by atoms with Crippen LogP contribution in [0.25, 0.3) is 16.9 Å². The van der Waals surface area contributed by atoms with E-state index in [0.717, 1.165) is 12.1 Å². The Hall–Kier alpha value is -2.68. The number of pyridine rings is 1. The molecule has 0 aliphatic heterocycles. The fraction of sp³-hybridized carbons (Fsp3) is 0.316. The number of hydrogen-bond donors (Lipinski definition) is 0. The molecule has 0 N–H and O–H groups in total. The van der Waals surface area contributed by atoms with Gasteiger partial charge < -0.3 is 9.47 Å². The van der Waals surface area contributed by atoms with Crippen molar-refractivity contribution in [2.24, 2.45) is 0 Å². The van der Waals surface area contributed by atoms with Gasteiger partial charge in [0.1, 0.15) is 16.3 Å². The molecule has 0 aliphatic carbocycles. The minimum Gasteiger partial charge on any atom is -0.495 e. The highest BCUT2D eigenvalue weighted by molar-refractivity contribution is 7.92. The average Bonchev–Trinajstić information content (AvgIpc) is 3.02. The van der Waals surface area contributed by atoms with E-state index in [4.69, 9.17) is 9.47 Å². The third-order valence-electron chi connectivity index (χ3n) is 4.39. The van der Waals surface area contributed by atoms with Crippen LogP contribution in [-0.4, -0.2) is 36.8 Å². The molecule has 9 heteroatoms. The number of hydrogen-bond acceptors (Lipinski definition) is 5. The van der Waals surface area contributed by atoms with Crippen LogP contribution >= 0.6 is 0 Å². The molecule has 0 saturated heterocycles. The topological polar surface area (TPSA) is 69.9 Å². The van der Waals surface area contributed by atoms with E-state index >= 15 is 0 Å². The second-order valence-electron chi connectivity index (χ2n) is 7.17. The Balaban J connectivity index is 2.30. The molecular formula is C19H20F2N2O4S. The van der Waals surface area contributed by atoms with Gasteiger partial charge in [0.25, 0.3) is 0 Å². The van der Waals surface area contributed by atoms with Gasteiger partial charge in [0.2, 0.25) is 0 Å². The molecule has 6 nitrogen and oxygen atoms in total. The van der Waals surface area contributed by atoms with Crippen LogP contribution in [-0.2, 0) is 9.84 Å². The zero-order chi connectivity index (χ0) is 20.9. The largest absolute Gasteiger partial charge is 0.495 e. The zero-order valence-electron chi connectivity index (χ0n) is 16.1. The number of halogens is 2. The summed E-state index contributed by atoms with van der Waals surface area (Å²) in [5.41, 5.74) is 0.882. The summed E-state index contributed by atoms with van der Waals surface area (Å²) in [7, 11) is -1.22. The van der Waals surface area contributed by atoms with Gasteiger partial charge in [0.05, 0.1) is 30.9 Å². The summed E-state index contributed by atoms with van der Waals surface area (Å²) >= 11 is 0. The van der Waals surface area contributed by atoms with Crippen molar-refractivity contribution in [3.05, 3.63) is 42.2 Å². The summed E-state index contributed by atoms with van der Waals surface area (Å²) in [6.07, 6.45) is 2.76. The second kappa shape index (κ2) is 6.73. The fourth-order valence-electron chi connectivity index (χ4n) is 2.79. The lowest BCUT2D eigenvalue weighted by Gasteiger charge is -2.21. The van der Waals surface area contributed by atoms with Crippen LogP contribution in [0, 0.1) is 11.6 Å². The van der Waals surface area contributed by atoms with Gasteiger partial charge in [-0.15, -0.1) is 0 Å². The molecule has 0 atom stereocenters. The molecule has 1 aromatic carbocycles. The number of fused-ring (bicyclic) bond motifs is 1. The highest BCUT2D eigenvalue weighted by atomic mass is 32.2. The minimum atomic E-state index is -3.76. The summed E-state index contributed by atoms with van der Waals surface area (Å²) in [6.45, 7) is 4.74. The Kier molecular flexibility index (Phi) is 4.82. The molecule has 0 amide bonds. The highest BCUT2D eigenvalue weighted by Gasteiger charge is 2.34. The first kappa shape index (κ1) is 20.1. The van der Waals surface area contributed by atoms with Gasteiger partial charge in [-0.1, -0.05) is 0 Å². The Morgan fingerprint density at radius 3 is 2.14 bits per heavy atom. The predicted molar refractivity (Wildman–Crippen MR) is 101 cm³/mol. The maximum Gasteiger partial charge on any atom is 0.190 e. The van der Waals surface area contributed by atoms with Crippen molar-refractivity contribution < 1.29 is 26.7 Å². The monoisotopic (exact) mass is 410 g/mol. The maximum atomic E-state index is 14.1. The number of methoxy groups -OCH3 is 2. The van der Waals surface area contributed by atoms with Crippen molar-refractivity contribution in [1.82, 2.24) is 9.38 Å². The Labute approximate surface area is 161 Å². The van der Waals surface area contributed by atoms with E-state index in [-0.39, 0.29) is 16.2 Å². The molecule has 2 heterocycles. The summed E-state index contributed by atoms with van der Waals surface area (Å²) in [5.74, 6) is -2.09. The standard InChI is InChI=1S/C19H20F2N2O4S/c1-19(2,3)28(24,25)16-10-23-14(9-22-17(23)8-15(16)26-4)11-6-12(20)18(27-5)13(21)7-11/h6-10H,1-5H3. The van der Waals surface area contributed by atoms with Gasteiger partial charge in [-0.2, -0.15) is 0 Å². The average molecular weight is 410 g/mol. The van der Waals surface area contributed by atoms with Crippen molar-refractivity contribution in [1.29, 1.82) is 0 Å². The van der Waals surface area contributed by atoms with E-state index in [1.807, 2.05) is 0 Å². The number of sulfone groups is 1. The predicted octanol–water partition coefficient (Wildman–Crippen LogP) is 3.87. The van der Waals surface area contributed by atoms with Crippen LogP contribution < -0.4 is 9.47 Å². The summed E-state index contributed by atoms with van der Waals surface area (Å²) in [6, 6.07) is 3.68. The first-order valence-electron chi connectivity index (χ1n) is 8.34. The Bertz CT molecular complexity index is 1140. The number of imidazole rings is 1. The molecule has 0 unspecified atom stereocenters. The van der Waals surface area contributed by atoms with Crippen LogP contribution in [0.1, 0.15) is 20.8 Å². The Morgan fingerprint density at radius 2 is 1.64 bits per heavy atom. The van der Waals surface area contributed by atoms with Crippen molar-refractivity contribution in [2.45, 2.75) is 30.4 Å². The van der Waals surface area contributed by atoms with Gasteiger partial charge in [-0.05, 0) is 32.9 Å². The molecule has 0 bridgehead atoms. The quantitative estimate of drug-likeness (QED) is 0.653. The van der Waals surface area contributed by atoms with Crippen molar-refractivity contribution in [3.8, 4) is 22.8 Å². The van der Waals surface area contributed by atoms with Gasteiger partial charge in [0, 0.05) is 17.8 Å². The SMILES string of the molecule is COc1cc2ncc(-c3cc(F)c(OC)c(F)c3)n2cc1S(=O)(=O)C(C)(C)C. The molecule has 0 fully saturated rings. The number of benzene rings is 1. The molecule has 0 radical (unpaired) electrons. The number of aromatic nitrogens is 2. The third-order valence-corrected chi connectivity index (χ3v) is 6.89. The lowest BCUT2D eigenvalue weighted by atomic mass is 10.1. The normalized spacial score (nSPS) is 12.4. The van der Waals surface area contributed by atoms with E-state index in [9.17, 15) is 17.2 Å². The Morgan fingerprint density at radius 1 is 1.04 bits per heavy atom. The van der Waals surface area contributed by atoms with Crippen molar-refractivity contribution in [2.75, 3.05) is 14.2 Å². The summed E-state index contributed by atoms with van der Waals surface area (Å²) < 4.78 is 64.6. The van der Waals surface area contributed by atoms with Crippen LogP contribution in [0.5, 0.6) is 11.5 Å². The van der Waals surface area contributed by atoms with Gasteiger partial charge in [-0.3, -0.25) is 4.40 Å². The molecule has 3 aromatic rings. The van der Waals surface area contributed by atoms with E-state index < -0.39 is 32.0 Å². The molecule has 3 rings (SSSR count).